The highest BCUT2D eigenvalue weighted by Gasteiger charge is 2.18. The van der Waals surface area contributed by atoms with E-state index in [9.17, 15) is 4.79 Å². The first-order valence-electron chi connectivity index (χ1n) is 3.98. The minimum Gasteiger partial charge on any atom is -0.379 e. The maximum atomic E-state index is 10.4. The molecule has 0 spiro atoms. The largest absolute Gasteiger partial charge is 0.379 e. The number of hydrogen-bond acceptors (Lipinski definition) is 3. The molecule has 0 bridgehead atoms. The van der Waals surface area contributed by atoms with Gasteiger partial charge in [-0.3, -0.25) is 4.79 Å². The molecule has 0 fully saturated rings. The van der Waals surface area contributed by atoms with E-state index in [2.05, 4.69) is 0 Å². The van der Waals surface area contributed by atoms with Crippen LogP contribution in [0.4, 0.5) is 0 Å². The Labute approximate surface area is 73.0 Å². The molecule has 12 heavy (non-hydrogen) atoms. The Morgan fingerprint density at radius 2 is 2.08 bits per heavy atom. The van der Waals surface area contributed by atoms with Crippen LogP contribution in [0.3, 0.4) is 0 Å². The lowest BCUT2D eigenvalue weighted by atomic mass is 10.1. The van der Waals surface area contributed by atoms with Crippen LogP contribution in [-0.2, 0) is 14.3 Å². The van der Waals surface area contributed by atoms with Gasteiger partial charge in [0.05, 0.1) is 12.2 Å². The van der Waals surface area contributed by atoms with Crippen LogP contribution < -0.4 is 5.73 Å². The molecule has 0 aliphatic rings. The fraction of sp³-hybridized carbons (Fsp3) is 0.875. The average molecular weight is 175 g/mol. The number of nitrogens with two attached hydrogens (primary N) is 1. The standard InChI is InChI=1S/C8H17NO3/c1-4-11-6-8(2,3)12-5-7(9)10/h4-6H2,1-3H3,(H2,9,10). The monoisotopic (exact) mass is 175 g/mol. The van der Waals surface area contributed by atoms with Crippen molar-refractivity contribution in [3.63, 3.8) is 0 Å². The summed E-state index contributed by atoms with van der Waals surface area (Å²) < 4.78 is 10.3. The third-order valence-electron chi connectivity index (χ3n) is 1.26. The van der Waals surface area contributed by atoms with Gasteiger partial charge in [-0.15, -0.1) is 0 Å². The highest BCUT2D eigenvalue weighted by Crippen LogP contribution is 2.08. The molecular weight excluding hydrogens is 158 g/mol. The zero-order valence-electron chi connectivity index (χ0n) is 7.92. The van der Waals surface area contributed by atoms with Crippen molar-refractivity contribution in [2.24, 2.45) is 5.73 Å². The molecule has 1 amide bonds. The third kappa shape index (κ3) is 6.12. The van der Waals surface area contributed by atoms with E-state index in [1.807, 2.05) is 20.8 Å². The molecule has 0 saturated heterocycles. The summed E-state index contributed by atoms with van der Waals surface area (Å²) in [6, 6.07) is 0. The quantitative estimate of drug-likeness (QED) is 0.631. The Kier molecular flexibility index (Phi) is 4.85. The minimum absolute atomic E-state index is 0.0555. The van der Waals surface area contributed by atoms with Crippen LogP contribution >= 0.6 is 0 Å². The Morgan fingerprint density at radius 1 is 1.50 bits per heavy atom. The van der Waals surface area contributed by atoms with E-state index < -0.39 is 11.5 Å². The summed E-state index contributed by atoms with van der Waals surface area (Å²) in [4.78, 5) is 10.4. The molecule has 72 valence electrons. The van der Waals surface area contributed by atoms with Gasteiger partial charge in [0.2, 0.25) is 5.91 Å². The van der Waals surface area contributed by atoms with Crippen molar-refractivity contribution < 1.29 is 14.3 Å². The first-order chi connectivity index (χ1) is 5.48. The second-order valence-electron chi connectivity index (χ2n) is 3.15. The smallest absolute Gasteiger partial charge is 0.243 e. The van der Waals surface area contributed by atoms with Gasteiger partial charge in [0.25, 0.3) is 0 Å². The molecule has 0 unspecified atom stereocenters. The SMILES string of the molecule is CCOCC(C)(C)OCC(N)=O. The fourth-order valence-corrected chi connectivity index (χ4v) is 0.656. The van der Waals surface area contributed by atoms with Crippen LogP contribution in [0.1, 0.15) is 20.8 Å². The van der Waals surface area contributed by atoms with Crippen molar-refractivity contribution in [2.45, 2.75) is 26.4 Å². The predicted molar refractivity (Wildman–Crippen MR) is 45.7 cm³/mol. The molecule has 0 aliphatic carbocycles. The molecule has 0 aromatic rings. The van der Waals surface area contributed by atoms with Crippen LogP contribution in [0, 0.1) is 0 Å². The number of amides is 1. The molecule has 4 heteroatoms. The average Bonchev–Trinajstić information content (AvgIpc) is 1.98. The summed E-state index contributed by atoms with van der Waals surface area (Å²) in [7, 11) is 0. The van der Waals surface area contributed by atoms with Crippen molar-refractivity contribution in [2.75, 3.05) is 19.8 Å². The minimum atomic E-state index is -0.459. The maximum Gasteiger partial charge on any atom is 0.243 e. The molecule has 0 atom stereocenters. The van der Waals surface area contributed by atoms with Gasteiger partial charge in [0, 0.05) is 6.61 Å². The summed E-state index contributed by atoms with van der Waals surface area (Å²) >= 11 is 0. The maximum absolute atomic E-state index is 10.4. The summed E-state index contributed by atoms with van der Waals surface area (Å²) in [5.41, 5.74) is 4.48. The Hall–Kier alpha value is -0.610. The van der Waals surface area contributed by atoms with Crippen LogP contribution in [0.25, 0.3) is 0 Å². The molecule has 0 aromatic heterocycles. The highest BCUT2D eigenvalue weighted by atomic mass is 16.5. The van der Waals surface area contributed by atoms with Gasteiger partial charge in [-0.25, -0.2) is 0 Å². The number of carbonyl (C=O) groups is 1. The van der Waals surface area contributed by atoms with Crippen LogP contribution in [0.15, 0.2) is 0 Å². The number of hydrogen-bond donors (Lipinski definition) is 1. The third-order valence-corrected chi connectivity index (χ3v) is 1.26. The lowest BCUT2D eigenvalue weighted by molar-refractivity contribution is -0.132. The topological polar surface area (TPSA) is 61.6 Å². The van der Waals surface area contributed by atoms with E-state index in [1.54, 1.807) is 0 Å². The fourth-order valence-electron chi connectivity index (χ4n) is 0.656. The Morgan fingerprint density at radius 3 is 2.50 bits per heavy atom. The first kappa shape index (κ1) is 11.4. The Balaban J connectivity index is 3.63. The zero-order valence-corrected chi connectivity index (χ0v) is 7.92. The van der Waals surface area contributed by atoms with Gasteiger partial charge in [0.1, 0.15) is 6.61 Å². The van der Waals surface area contributed by atoms with Gasteiger partial charge >= 0.3 is 0 Å². The van der Waals surface area contributed by atoms with Crippen molar-refractivity contribution in [3.8, 4) is 0 Å². The summed E-state index contributed by atoms with van der Waals surface area (Å²) in [5, 5.41) is 0. The van der Waals surface area contributed by atoms with Gasteiger partial charge < -0.3 is 15.2 Å². The lowest BCUT2D eigenvalue weighted by Gasteiger charge is -2.23. The van der Waals surface area contributed by atoms with E-state index in [0.29, 0.717) is 13.2 Å². The summed E-state index contributed by atoms with van der Waals surface area (Å²) in [5.74, 6) is -0.459. The Bertz CT molecular complexity index is 145. The number of rotatable bonds is 6. The van der Waals surface area contributed by atoms with Crippen molar-refractivity contribution >= 4 is 5.91 Å². The van der Waals surface area contributed by atoms with Crippen molar-refractivity contribution in [3.05, 3.63) is 0 Å². The molecule has 2 N–H and O–H groups in total. The lowest BCUT2D eigenvalue weighted by Crippen LogP contribution is -2.34. The second kappa shape index (κ2) is 5.11. The van der Waals surface area contributed by atoms with Crippen molar-refractivity contribution in [1.29, 1.82) is 0 Å². The van der Waals surface area contributed by atoms with E-state index in [1.165, 1.54) is 0 Å². The van der Waals surface area contributed by atoms with Gasteiger partial charge in [0.15, 0.2) is 0 Å². The molecular formula is C8H17NO3. The zero-order chi connectivity index (χ0) is 9.61. The predicted octanol–water partition coefficient (Wildman–Crippen LogP) is 0.303. The number of carbonyl (C=O) groups excluding carboxylic acids is 1. The van der Waals surface area contributed by atoms with Crippen LogP contribution in [0.2, 0.25) is 0 Å². The highest BCUT2D eigenvalue weighted by molar-refractivity contribution is 5.75. The molecule has 0 radical (unpaired) electrons. The second-order valence-corrected chi connectivity index (χ2v) is 3.15. The van der Waals surface area contributed by atoms with Gasteiger partial charge in [-0.2, -0.15) is 0 Å². The van der Waals surface area contributed by atoms with Crippen LogP contribution in [-0.4, -0.2) is 31.3 Å². The molecule has 4 nitrogen and oxygen atoms in total. The first-order valence-corrected chi connectivity index (χ1v) is 3.98. The number of ether oxygens (including phenoxy) is 2. The summed E-state index contributed by atoms with van der Waals surface area (Å²) in [6.07, 6.45) is 0. The molecule has 0 saturated carbocycles. The van der Waals surface area contributed by atoms with E-state index in [-0.39, 0.29) is 6.61 Å². The van der Waals surface area contributed by atoms with E-state index in [4.69, 9.17) is 15.2 Å². The van der Waals surface area contributed by atoms with Crippen LogP contribution in [0.5, 0.6) is 0 Å². The summed E-state index contributed by atoms with van der Waals surface area (Å²) in [6.45, 7) is 6.67. The van der Waals surface area contributed by atoms with E-state index >= 15 is 0 Å². The molecule has 0 aromatic carbocycles. The van der Waals surface area contributed by atoms with Gasteiger partial charge in [-0.1, -0.05) is 0 Å². The molecule has 0 heterocycles. The van der Waals surface area contributed by atoms with Gasteiger partial charge in [-0.05, 0) is 20.8 Å². The normalized spacial score (nSPS) is 11.6. The molecule has 0 rings (SSSR count). The number of primary amides is 1. The van der Waals surface area contributed by atoms with Crippen molar-refractivity contribution in [1.82, 2.24) is 0 Å². The van der Waals surface area contributed by atoms with E-state index in [0.717, 1.165) is 0 Å². The molecule has 0 aliphatic heterocycles.